The predicted octanol–water partition coefficient (Wildman–Crippen LogP) is 5.86. The van der Waals surface area contributed by atoms with Crippen molar-refractivity contribution in [2.75, 3.05) is 25.0 Å². The molecule has 1 aromatic rings. The van der Waals surface area contributed by atoms with Crippen LogP contribution in [0, 0.1) is 0 Å². The smallest absolute Gasteiger partial charge is 0.252 e. The fraction of sp³-hybridized carbons (Fsp3) is 0.562. The second-order valence-corrected chi connectivity index (χ2v) is 4.51. The van der Waals surface area contributed by atoms with Gasteiger partial charge in [0.15, 0.2) is 0 Å². The fourth-order valence-electron chi connectivity index (χ4n) is 1.24. The maximum atomic E-state index is 10.4. The van der Waals surface area contributed by atoms with Crippen molar-refractivity contribution in [3.8, 4) is 0 Å². The first-order chi connectivity index (χ1) is 10.1. The molecular formula is C16H28Cl3NO. The molecule has 0 amide bonds. The summed E-state index contributed by atoms with van der Waals surface area (Å²) in [5.74, 6) is 0. The molecule has 124 valence electrons. The van der Waals surface area contributed by atoms with Crippen molar-refractivity contribution < 1.29 is 4.79 Å². The van der Waals surface area contributed by atoms with Gasteiger partial charge in [0.2, 0.25) is 0 Å². The van der Waals surface area contributed by atoms with Crippen LogP contribution in [-0.4, -0.2) is 35.1 Å². The second-order valence-electron chi connectivity index (χ2n) is 3.36. The summed E-state index contributed by atoms with van der Waals surface area (Å²) in [5, 5.41) is -0.212. The molecule has 1 aromatic carbocycles. The van der Waals surface area contributed by atoms with Gasteiger partial charge in [0.05, 0.1) is 5.34 Å². The summed E-state index contributed by atoms with van der Waals surface area (Å²) in [5.41, 5.74) is 0.541. The van der Waals surface area contributed by atoms with Gasteiger partial charge < -0.3 is 4.90 Å². The molecule has 0 bridgehead atoms. The highest BCUT2D eigenvalue weighted by molar-refractivity contribution is 6.67. The fourth-order valence-corrected chi connectivity index (χ4v) is 1.37. The van der Waals surface area contributed by atoms with Crippen LogP contribution in [0.4, 0.5) is 0 Å². The molecule has 0 heterocycles. The second kappa shape index (κ2) is 22.0. The van der Waals surface area contributed by atoms with E-state index in [1.165, 1.54) is 19.6 Å². The van der Waals surface area contributed by atoms with Crippen molar-refractivity contribution in [3.05, 3.63) is 35.9 Å². The number of carbonyl (C=O) groups is 1. The van der Waals surface area contributed by atoms with E-state index in [0.717, 1.165) is 0 Å². The summed E-state index contributed by atoms with van der Waals surface area (Å²) in [6.45, 7) is 14.1. The minimum absolute atomic E-state index is 0.194. The van der Waals surface area contributed by atoms with Crippen LogP contribution in [0.3, 0.4) is 0 Å². The van der Waals surface area contributed by atoms with E-state index in [1.807, 2.05) is 19.9 Å². The number of rotatable bonds is 4. The third-order valence-corrected chi connectivity index (χ3v) is 2.56. The van der Waals surface area contributed by atoms with Gasteiger partial charge in [0, 0.05) is 5.56 Å². The van der Waals surface area contributed by atoms with Gasteiger partial charge in [-0.25, -0.2) is 0 Å². The van der Waals surface area contributed by atoms with Crippen LogP contribution in [0.5, 0.6) is 0 Å². The summed E-state index contributed by atoms with van der Waals surface area (Å²) < 4.78 is 0. The van der Waals surface area contributed by atoms with Gasteiger partial charge in [0.1, 0.15) is 0 Å². The number of benzene rings is 1. The highest BCUT2D eigenvalue weighted by Gasteiger charge is 1.95. The first-order valence-electron chi connectivity index (χ1n) is 7.16. The van der Waals surface area contributed by atoms with Crippen molar-refractivity contribution in [2.45, 2.75) is 34.6 Å². The minimum atomic E-state index is -0.407. The number of nitrogens with zero attached hydrogens (tertiary/aromatic N) is 1. The Morgan fingerprint density at radius 2 is 1.29 bits per heavy atom. The van der Waals surface area contributed by atoms with E-state index in [2.05, 4.69) is 25.7 Å². The topological polar surface area (TPSA) is 20.3 Å². The third kappa shape index (κ3) is 19.7. The van der Waals surface area contributed by atoms with Crippen LogP contribution in [0.2, 0.25) is 0 Å². The molecule has 0 saturated carbocycles. The van der Waals surface area contributed by atoms with Crippen LogP contribution < -0.4 is 0 Å². The van der Waals surface area contributed by atoms with Crippen molar-refractivity contribution >= 4 is 40.0 Å². The molecule has 2 nitrogen and oxygen atoms in total. The van der Waals surface area contributed by atoms with Crippen molar-refractivity contribution in [1.82, 2.24) is 4.90 Å². The molecule has 1 rings (SSSR count). The molecule has 0 radical (unpaired) electrons. The molecule has 0 unspecified atom stereocenters. The van der Waals surface area contributed by atoms with Crippen LogP contribution in [0.25, 0.3) is 0 Å². The number of hydrogen-bond acceptors (Lipinski definition) is 2. The molecule has 0 aliphatic rings. The van der Waals surface area contributed by atoms with Gasteiger partial charge in [-0.2, -0.15) is 0 Å². The summed E-state index contributed by atoms with van der Waals surface area (Å²) >= 11 is 14.7. The Morgan fingerprint density at radius 1 is 0.952 bits per heavy atom. The van der Waals surface area contributed by atoms with Gasteiger partial charge >= 0.3 is 0 Å². The van der Waals surface area contributed by atoms with Crippen LogP contribution in [0.1, 0.15) is 45.0 Å². The lowest BCUT2D eigenvalue weighted by molar-refractivity contribution is 0.108. The largest absolute Gasteiger partial charge is 0.304 e. The number of alkyl halides is 2. The Labute approximate surface area is 145 Å². The van der Waals surface area contributed by atoms with E-state index in [1.54, 1.807) is 24.3 Å². The molecule has 0 aliphatic carbocycles. The first-order valence-corrected chi connectivity index (χ1v) is 8.61. The number of carbonyl (C=O) groups excluding carboxylic acids is 1. The Kier molecular flexibility index (Phi) is 26.9. The third-order valence-electron chi connectivity index (χ3n) is 2.34. The quantitative estimate of drug-likeness (QED) is 0.497. The van der Waals surface area contributed by atoms with E-state index >= 15 is 0 Å². The lowest BCUT2D eigenvalue weighted by Gasteiger charge is -2.13. The zero-order chi connectivity index (χ0) is 17.1. The predicted molar refractivity (Wildman–Crippen MR) is 98.0 cm³/mol. The van der Waals surface area contributed by atoms with Crippen LogP contribution in [0.15, 0.2) is 30.3 Å². The SMILES string of the molecule is CC.CCN(CC)CC.ClCCl.O=C(Cl)c1ccccc1. The number of halogens is 3. The lowest BCUT2D eigenvalue weighted by Crippen LogP contribution is -2.21. The maximum Gasteiger partial charge on any atom is 0.252 e. The van der Waals surface area contributed by atoms with E-state index in [-0.39, 0.29) is 5.34 Å². The standard InChI is InChI=1S/C7H5ClO.C6H15N.C2H6.CH2Cl2/c8-7(9)6-4-2-1-3-5-6;1-4-7(5-2)6-3;1-2;2-1-3/h1-5H;4-6H2,1-3H3;1-2H3;1H2. The molecular weight excluding hydrogens is 329 g/mol. The molecule has 0 spiro atoms. The molecule has 0 atom stereocenters. The van der Waals surface area contributed by atoms with Crippen molar-refractivity contribution in [1.29, 1.82) is 0 Å². The molecule has 0 aliphatic heterocycles. The monoisotopic (exact) mass is 355 g/mol. The Balaban J connectivity index is -0.000000242. The van der Waals surface area contributed by atoms with Gasteiger partial charge in [-0.15, -0.1) is 23.2 Å². The summed E-state index contributed by atoms with van der Waals surface area (Å²) in [6.07, 6.45) is 0. The highest BCUT2D eigenvalue weighted by atomic mass is 35.5. The van der Waals surface area contributed by atoms with Gasteiger partial charge in [-0.05, 0) is 31.2 Å². The zero-order valence-electron chi connectivity index (χ0n) is 13.7. The van der Waals surface area contributed by atoms with E-state index in [4.69, 9.17) is 34.8 Å². The Morgan fingerprint density at radius 3 is 1.43 bits per heavy atom. The van der Waals surface area contributed by atoms with Crippen LogP contribution >= 0.6 is 34.8 Å². The van der Waals surface area contributed by atoms with E-state index in [0.29, 0.717) is 5.56 Å². The van der Waals surface area contributed by atoms with Crippen LogP contribution in [-0.2, 0) is 0 Å². The first kappa shape index (κ1) is 25.7. The molecule has 21 heavy (non-hydrogen) atoms. The molecule has 0 aromatic heterocycles. The Bertz CT molecular complexity index is 298. The average Bonchev–Trinajstić information content (AvgIpc) is 2.53. The average molecular weight is 357 g/mol. The van der Waals surface area contributed by atoms with E-state index in [9.17, 15) is 4.79 Å². The zero-order valence-corrected chi connectivity index (χ0v) is 16.0. The highest BCUT2D eigenvalue weighted by Crippen LogP contribution is 2.01. The lowest BCUT2D eigenvalue weighted by atomic mass is 10.2. The normalized spacial score (nSPS) is 8.43. The van der Waals surface area contributed by atoms with Crippen molar-refractivity contribution in [3.63, 3.8) is 0 Å². The maximum absolute atomic E-state index is 10.4. The van der Waals surface area contributed by atoms with Crippen molar-refractivity contribution in [2.24, 2.45) is 0 Å². The number of hydrogen-bond donors (Lipinski definition) is 0. The van der Waals surface area contributed by atoms with Gasteiger partial charge in [0.25, 0.3) is 5.24 Å². The molecule has 0 saturated heterocycles. The van der Waals surface area contributed by atoms with Gasteiger partial charge in [-0.1, -0.05) is 65.0 Å². The summed E-state index contributed by atoms with van der Waals surface area (Å²) in [6, 6.07) is 8.74. The van der Waals surface area contributed by atoms with E-state index < -0.39 is 5.24 Å². The minimum Gasteiger partial charge on any atom is -0.304 e. The molecule has 0 N–H and O–H groups in total. The molecule has 0 fully saturated rings. The summed E-state index contributed by atoms with van der Waals surface area (Å²) in [7, 11) is 0. The summed E-state index contributed by atoms with van der Waals surface area (Å²) in [4.78, 5) is 12.8. The Hall–Kier alpha value is -0.280. The molecule has 5 heteroatoms. The van der Waals surface area contributed by atoms with Gasteiger partial charge in [-0.3, -0.25) is 4.79 Å².